The second-order valence-electron chi connectivity index (χ2n) is 23.3. The number of aromatic nitrogens is 4. The number of primary amides is 1. The second kappa shape index (κ2) is 46.1. The van der Waals surface area contributed by atoms with Gasteiger partial charge in [-0.1, -0.05) is 0 Å². The van der Waals surface area contributed by atoms with Gasteiger partial charge >= 0.3 is 11.9 Å². The third-order valence-electron chi connectivity index (χ3n) is 14.7. The number of carbonyl (C=O) groups is 14. The molecule has 0 saturated heterocycles. The largest absolute Gasteiger partial charge is 0.481 e. The fourth-order valence-corrected chi connectivity index (χ4v) is 9.39. The zero-order chi connectivity index (χ0) is 77.5. The van der Waals surface area contributed by atoms with E-state index in [-0.39, 0.29) is 120 Å². The summed E-state index contributed by atoms with van der Waals surface area (Å²) in [7, 11) is 0. The lowest BCUT2D eigenvalue weighted by atomic mass is 10.0. The minimum absolute atomic E-state index is 0.00812. The van der Waals surface area contributed by atoms with Gasteiger partial charge in [-0.25, -0.2) is 9.97 Å². The molecule has 0 saturated carbocycles. The van der Waals surface area contributed by atoms with Gasteiger partial charge in [0.2, 0.25) is 70.9 Å². The molecule has 36 N–H and O–H groups in total. The van der Waals surface area contributed by atoms with Crippen LogP contribution in [-0.2, 0) is 80.0 Å². The smallest absolute Gasteiger partial charge is 0.322 e. The Hall–Kier alpha value is -11.4. The summed E-state index contributed by atoms with van der Waals surface area (Å²) < 4.78 is 0. The SMILES string of the molecule is C[C@@H](O)[C@H](NC(=O)[C@H](CCCN=C(N)N)NC(=O)[C@H](Cc1cnc[nH]1)NC(=O)[C@@H](NC(=O)[C@@H](N)Cc1cnc[nH]1)[C@@H](C)O)C(=O)N[C@@H](CC(=O)O)C(=O)N[C@@H](CC(N)=O)C(=O)N[C@@H](CCCN=C(N)N)C(=O)N[C@@H](CCCCN)C(=O)N[C@@H](CCCN=C(N)N)C(=O)N[C@@H](CO)C(=O)NCC(=O)O. The molecular weight excluding hydrogens is 1370 g/mol. The maximum absolute atomic E-state index is 14.4. The number of nitrogens with two attached hydrogens (primary N) is 9. The first-order valence-corrected chi connectivity index (χ1v) is 32.1. The van der Waals surface area contributed by atoms with Crippen molar-refractivity contribution in [2.24, 2.45) is 66.6 Å². The minimum Gasteiger partial charge on any atom is -0.481 e. The van der Waals surface area contributed by atoms with Crippen LogP contribution in [0.25, 0.3) is 0 Å². The highest BCUT2D eigenvalue weighted by atomic mass is 16.4. The molecular formula is C57H97N27O19. The Kier molecular flexibility index (Phi) is 39.3. The van der Waals surface area contributed by atoms with Gasteiger partial charge < -0.3 is 146 Å². The zero-order valence-electron chi connectivity index (χ0n) is 56.6. The number of hydrogen-bond donors (Lipinski definition) is 27. The Bertz CT molecular complexity index is 3230. The average Bonchev–Trinajstić information content (AvgIpc) is 1.77. The van der Waals surface area contributed by atoms with E-state index in [4.69, 9.17) is 56.7 Å². The Morgan fingerprint density at radius 3 is 1.16 bits per heavy atom. The minimum atomic E-state index is -2.23. The maximum Gasteiger partial charge on any atom is 0.322 e. The second-order valence-corrected chi connectivity index (χ2v) is 23.3. The van der Waals surface area contributed by atoms with Crippen LogP contribution < -0.4 is 110 Å². The average molecular weight is 1460 g/mol. The molecule has 0 aliphatic heterocycles. The van der Waals surface area contributed by atoms with Crippen molar-refractivity contribution < 1.29 is 92.7 Å². The molecule has 2 rings (SSSR count). The van der Waals surface area contributed by atoms with Gasteiger partial charge in [0.15, 0.2) is 17.9 Å². The number of unbranched alkanes of at least 4 members (excludes halogenated alkanes) is 1. The third-order valence-corrected chi connectivity index (χ3v) is 14.7. The maximum atomic E-state index is 14.4. The number of carboxylic acids is 2. The number of imidazole rings is 2. The van der Waals surface area contributed by atoms with Gasteiger partial charge in [-0.2, -0.15) is 0 Å². The number of carbonyl (C=O) groups excluding carboxylic acids is 12. The molecule has 0 aliphatic carbocycles. The predicted octanol–water partition coefficient (Wildman–Crippen LogP) is -13.3. The monoisotopic (exact) mass is 1460 g/mol. The third kappa shape index (κ3) is 34.5. The number of hydrogen-bond acceptors (Lipinski definition) is 24. The molecule has 574 valence electrons. The molecule has 0 radical (unpaired) electrons. The molecule has 13 atom stereocenters. The van der Waals surface area contributed by atoms with Gasteiger partial charge in [0.25, 0.3) is 0 Å². The zero-order valence-corrected chi connectivity index (χ0v) is 56.6. The first-order chi connectivity index (χ1) is 48.6. The lowest BCUT2D eigenvalue weighted by Gasteiger charge is -2.29. The Morgan fingerprint density at radius 2 is 0.786 bits per heavy atom. The summed E-state index contributed by atoms with van der Waals surface area (Å²) in [6.45, 7) is -0.0329. The van der Waals surface area contributed by atoms with Crippen molar-refractivity contribution in [3.05, 3.63) is 36.4 Å². The van der Waals surface area contributed by atoms with Gasteiger partial charge in [-0.15, -0.1) is 0 Å². The van der Waals surface area contributed by atoms with Crippen molar-refractivity contribution in [3.8, 4) is 0 Å². The summed E-state index contributed by atoms with van der Waals surface area (Å²) in [5, 5.41) is 75.7. The van der Waals surface area contributed by atoms with Crippen LogP contribution in [0.1, 0.15) is 95.9 Å². The van der Waals surface area contributed by atoms with E-state index in [0.29, 0.717) is 5.69 Å². The number of aliphatic imine (C=N–C) groups is 3. The highest BCUT2D eigenvalue weighted by Gasteiger charge is 2.39. The molecule has 46 heteroatoms. The van der Waals surface area contributed by atoms with Crippen molar-refractivity contribution in [1.29, 1.82) is 0 Å². The lowest BCUT2D eigenvalue weighted by Crippen LogP contribution is -2.63. The van der Waals surface area contributed by atoms with E-state index in [0.717, 1.165) is 6.92 Å². The number of amides is 12. The van der Waals surface area contributed by atoms with E-state index >= 15 is 0 Å². The van der Waals surface area contributed by atoms with Crippen LogP contribution in [0.15, 0.2) is 40.0 Å². The summed E-state index contributed by atoms with van der Waals surface area (Å²) in [5.74, 6) is -18.5. The van der Waals surface area contributed by atoms with Crippen molar-refractivity contribution in [2.45, 2.75) is 176 Å². The number of guanidine groups is 3. The first kappa shape index (κ1) is 87.7. The molecule has 0 fully saturated rings. The molecule has 2 aromatic heterocycles. The van der Waals surface area contributed by atoms with Gasteiger partial charge in [-0.3, -0.25) is 82.1 Å². The van der Waals surface area contributed by atoms with Gasteiger partial charge in [0.05, 0.1) is 50.4 Å². The van der Waals surface area contributed by atoms with E-state index in [1.807, 2.05) is 5.32 Å². The molecule has 12 amide bonds. The van der Waals surface area contributed by atoms with Crippen LogP contribution in [-0.4, -0.2) is 264 Å². The Labute approximate surface area is 588 Å². The highest BCUT2D eigenvalue weighted by molar-refractivity contribution is 6.01. The summed E-state index contributed by atoms with van der Waals surface area (Å²) in [5.41, 5.74) is 50.8. The quantitative estimate of drug-likeness (QED) is 0.0166. The lowest BCUT2D eigenvalue weighted by molar-refractivity contribution is -0.142. The fraction of sp³-hybridized carbons (Fsp3) is 0.596. The normalized spacial score (nSPS) is 14.7. The molecule has 103 heavy (non-hydrogen) atoms. The number of rotatable bonds is 50. The van der Waals surface area contributed by atoms with Crippen LogP contribution in [0.5, 0.6) is 0 Å². The first-order valence-electron chi connectivity index (χ1n) is 32.1. The van der Waals surface area contributed by atoms with Crippen molar-refractivity contribution in [2.75, 3.05) is 39.3 Å². The van der Waals surface area contributed by atoms with Crippen LogP contribution in [0.2, 0.25) is 0 Å². The molecule has 0 bridgehead atoms. The Morgan fingerprint density at radius 1 is 0.437 bits per heavy atom. The van der Waals surface area contributed by atoms with Gasteiger partial charge in [0, 0.05) is 56.3 Å². The van der Waals surface area contributed by atoms with Gasteiger partial charge in [0.1, 0.15) is 67.0 Å². The number of nitrogens with one attached hydrogen (secondary N) is 13. The molecule has 2 aromatic rings. The number of nitrogens with zero attached hydrogens (tertiary/aromatic N) is 5. The number of H-pyrrole nitrogens is 2. The van der Waals surface area contributed by atoms with Crippen molar-refractivity contribution in [1.82, 2.24) is 78.4 Å². The molecule has 46 nitrogen and oxygen atoms in total. The van der Waals surface area contributed by atoms with E-state index in [2.05, 4.69) is 88.1 Å². The summed E-state index contributed by atoms with van der Waals surface area (Å²) in [4.78, 5) is 214. The molecule has 0 unspecified atom stereocenters. The topological polar surface area (TPSA) is 801 Å². The van der Waals surface area contributed by atoms with E-state index in [1.54, 1.807) is 0 Å². The highest BCUT2D eigenvalue weighted by Crippen LogP contribution is 2.12. The number of aliphatic hydroxyl groups is 3. The van der Waals surface area contributed by atoms with Crippen LogP contribution >= 0.6 is 0 Å². The standard InChI is InChI=1S/C57H97N27O19/c1-26(86)42(83-44(93)30(59)16-28-20-67-24-73-28)53(102)80-35(17-29-21-68-25-74-29)50(99)78-34(11-7-15-71-57(65)66)49(98)84-43(27(2)87)54(103)81-37(19-40(89)90)52(101)79-36(18-39(60)88)51(100)77-32(9-5-13-69-55(61)62)47(96)75-31(8-3-4-12-58)46(95)76-33(10-6-14-70-56(63)64)48(97)82-38(23-85)45(94)72-22-41(91)92/h20-21,24-27,30-38,42-43,85-87H,3-19,22-23,58-59H2,1-2H3,(H2,60,88)(H,67,73)(H,68,74)(H,72,94)(H,75,96)(H,76,95)(H,77,100)(H,78,99)(H,79,101)(H,80,102)(H,81,103)(H,82,97)(H,83,93)(H,84,98)(H,89,90)(H,91,92)(H4,61,62,69)(H4,63,64,70)(H4,65,66,71)/t26-,27-,30+,31+,32+,33+,34+,35+,36+,37+,38+,42+,43+/m1/s1. The van der Waals surface area contributed by atoms with Crippen molar-refractivity contribution in [3.63, 3.8) is 0 Å². The predicted molar refractivity (Wildman–Crippen MR) is 362 cm³/mol. The number of carboxylic acid groups (broad SMARTS) is 2. The summed E-state index contributed by atoms with van der Waals surface area (Å²) in [6.07, 6.45) is -1.82. The van der Waals surface area contributed by atoms with Gasteiger partial charge in [-0.05, 0) is 78.2 Å². The molecule has 2 heterocycles. The van der Waals surface area contributed by atoms with E-state index < -0.39 is 187 Å². The Balaban J connectivity index is 2.55. The van der Waals surface area contributed by atoms with Crippen molar-refractivity contribution >= 4 is 101 Å². The summed E-state index contributed by atoms with van der Waals surface area (Å²) >= 11 is 0. The number of aliphatic hydroxyl groups excluding tert-OH is 3. The fourth-order valence-electron chi connectivity index (χ4n) is 9.39. The molecule has 0 aromatic carbocycles. The number of aliphatic carboxylic acids is 2. The van der Waals surface area contributed by atoms with Crippen LogP contribution in [0.4, 0.5) is 0 Å². The van der Waals surface area contributed by atoms with Crippen LogP contribution in [0.3, 0.4) is 0 Å². The van der Waals surface area contributed by atoms with E-state index in [1.165, 1.54) is 32.0 Å². The van der Waals surface area contributed by atoms with Crippen LogP contribution in [0, 0.1) is 0 Å². The molecule has 0 aliphatic rings. The van der Waals surface area contributed by atoms with E-state index in [9.17, 15) is 87.5 Å². The number of aromatic amines is 2. The molecule has 0 spiro atoms. The summed E-state index contributed by atoms with van der Waals surface area (Å²) in [6, 6.07) is -19.3.